The van der Waals surface area contributed by atoms with Gasteiger partial charge in [-0.3, -0.25) is 4.90 Å². The van der Waals surface area contributed by atoms with Gasteiger partial charge >= 0.3 is 0 Å². The van der Waals surface area contributed by atoms with Gasteiger partial charge in [0.1, 0.15) is 6.23 Å². The molecule has 2 unspecified atom stereocenters. The maximum atomic E-state index is 5.82. The Morgan fingerprint density at radius 1 is 1.12 bits per heavy atom. The molecule has 0 bridgehead atoms. The monoisotopic (exact) mass is 229 g/mol. The second-order valence-electron chi connectivity index (χ2n) is 4.62. The fourth-order valence-corrected chi connectivity index (χ4v) is 2.11. The Labute approximate surface area is 100 Å². The van der Waals surface area contributed by atoms with E-state index in [0.717, 1.165) is 13.0 Å². The van der Waals surface area contributed by atoms with Crippen LogP contribution in [0.3, 0.4) is 0 Å². The standard InChI is InChI=1S/C13H27NO2/c1-4-5-8-11-15-13(3)16-12(2)14-9-6-7-10-14/h12-13H,4-11H2,1-3H3. The molecular formula is C13H27NO2. The Balaban J connectivity index is 2.05. The van der Waals surface area contributed by atoms with Gasteiger partial charge < -0.3 is 9.47 Å². The van der Waals surface area contributed by atoms with Gasteiger partial charge in [0.2, 0.25) is 0 Å². The van der Waals surface area contributed by atoms with Gasteiger partial charge in [-0.05, 0) is 33.1 Å². The first-order valence-corrected chi connectivity index (χ1v) is 6.75. The molecule has 0 saturated carbocycles. The van der Waals surface area contributed by atoms with Crippen molar-refractivity contribution in [1.82, 2.24) is 4.90 Å². The molecule has 1 aliphatic heterocycles. The summed E-state index contributed by atoms with van der Waals surface area (Å²) in [5.74, 6) is 0. The van der Waals surface area contributed by atoms with Crippen molar-refractivity contribution >= 4 is 0 Å². The molecule has 3 nitrogen and oxygen atoms in total. The van der Waals surface area contributed by atoms with Crippen LogP contribution >= 0.6 is 0 Å². The lowest BCUT2D eigenvalue weighted by molar-refractivity contribution is -0.189. The van der Waals surface area contributed by atoms with Crippen molar-refractivity contribution in [3.63, 3.8) is 0 Å². The zero-order valence-corrected chi connectivity index (χ0v) is 11.1. The Morgan fingerprint density at radius 3 is 2.44 bits per heavy atom. The average molecular weight is 229 g/mol. The summed E-state index contributed by atoms with van der Waals surface area (Å²) in [5.41, 5.74) is 0. The van der Waals surface area contributed by atoms with Crippen LogP contribution in [0, 0.1) is 0 Å². The highest BCUT2D eigenvalue weighted by Gasteiger charge is 2.20. The predicted octanol–water partition coefficient (Wildman–Crippen LogP) is 3.00. The molecule has 1 aliphatic rings. The molecule has 2 atom stereocenters. The highest BCUT2D eigenvalue weighted by atomic mass is 16.7. The van der Waals surface area contributed by atoms with Crippen LogP contribution in [0.1, 0.15) is 52.9 Å². The predicted molar refractivity (Wildman–Crippen MR) is 66.3 cm³/mol. The van der Waals surface area contributed by atoms with Gasteiger partial charge in [0.15, 0.2) is 6.29 Å². The van der Waals surface area contributed by atoms with Gasteiger partial charge in [-0.25, -0.2) is 0 Å². The van der Waals surface area contributed by atoms with Crippen molar-refractivity contribution < 1.29 is 9.47 Å². The van der Waals surface area contributed by atoms with Gasteiger partial charge in [0.25, 0.3) is 0 Å². The van der Waals surface area contributed by atoms with Crippen LogP contribution in [0.4, 0.5) is 0 Å². The average Bonchev–Trinajstić information content (AvgIpc) is 2.77. The summed E-state index contributed by atoms with van der Waals surface area (Å²) in [7, 11) is 0. The molecule has 0 aliphatic carbocycles. The van der Waals surface area contributed by atoms with Crippen molar-refractivity contribution in [3.05, 3.63) is 0 Å². The first-order valence-electron chi connectivity index (χ1n) is 6.75. The van der Waals surface area contributed by atoms with Crippen LogP contribution in [-0.4, -0.2) is 37.1 Å². The largest absolute Gasteiger partial charge is 0.353 e. The molecule has 1 heterocycles. The molecule has 0 aromatic heterocycles. The molecular weight excluding hydrogens is 202 g/mol. The molecule has 16 heavy (non-hydrogen) atoms. The van der Waals surface area contributed by atoms with Crippen molar-refractivity contribution in [3.8, 4) is 0 Å². The van der Waals surface area contributed by atoms with Crippen molar-refractivity contribution in [2.24, 2.45) is 0 Å². The maximum absolute atomic E-state index is 5.82. The minimum absolute atomic E-state index is 0.0764. The Hall–Kier alpha value is -0.120. The summed E-state index contributed by atoms with van der Waals surface area (Å²) >= 11 is 0. The van der Waals surface area contributed by atoms with Crippen LogP contribution in [0.25, 0.3) is 0 Å². The number of hydrogen-bond acceptors (Lipinski definition) is 3. The van der Waals surface area contributed by atoms with Gasteiger partial charge in [-0.1, -0.05) is 19.8 Å². The fourth-order valence-electron chi connectivity index (χ4n) is 2.11. The van der Waals surface area contributed by atoms with Gasteiger partial charge in [-0.15, -0.1) is 0 Å². The first-order chi connectivity index (χ1) is 7.74. The van der Waals surface area contributed by atoms with E-state index in [4.69, 9.17) is 9.47 Å². The number of likely N-dealkylation sites (tertiary alicyclic amines) is 1. The molecule has 96 valence electrons. The van der Waals surface area contributed by atoms with E-state index in [2.05, 4.69) is 18.7 Å². The quantitative estimate of drug-likeness (QED) is 0.472. The molecule has 1 rings (SSSR count). The molecule has 0 amide bonds. The molecule has 1 fully saturated rings. The summed E-state index contributed by atoms with van der Waals surface area (Å²) < 4.78 is 11.4. The minimum atomic E-state index is -0.0764. The molecule has 0 aromatic rings. The van der Waals surface area contributed by atoms with Crippen molar-refractivity contribution in [2.75, 3.05) is 19.7 Å². The molecule has 0 N–H and O–H groups in total. The zero-order valence-electron chi connectivity index (χ0n) is 11.1. The molecule has 3 heteroatoms. The second-order valence-corrected chi connectivity index (χ2v) is 4.62. The number of nitrogens with zero attached hydrogens (tertiary/aromatic N) is 1. The Kier molecular flexibility index (Phi) is 7.01. The number of rotatable bonds is 8. The summed E-state index contributed by atoms with van der Waals surface area (Å²) in [6.45, 7) is 9.49. The third-order valence-corrected chi connectivity index (χ3v) is 3.14. The highest BCUT2D eigenvalue weighted by Crippen LogP contribution is 2.14. The van der Waals surface area contributed by atoms with E-state index in [1.54, 1.807) is 0 Å². The van der Waals surface area contributed by atoms with E-state index < -0.39 is 0 Å². The molecule has 0 radical (unpaired) electrons. The van der Waals surface area contributed by atoms with Crippen LogP contribution < -0.4 is 0 Å². The molecule has 0 spiro atoms. The van der Waals surface area contributed by atoms with Crippen LogP contribution in [0.15, 0.2) is 0 Å². The SMILES string of the molecule is CCCCCOC(C)OC(C)N1CCCC1. The normalized spacial score (nSPS) is 21.2. The summed E-state index contributed by atoms with van der Waals surface area (Å²) in [4.78, 5) is 2.38. The van der Waals surface area contributed by atoms with Crippen molar-refractivity contribution in [2.45, 2.75) is 65.4 Å². The van der Waals surface area contributed by atoms with E-state index in [-0.39, 0.29) is 12.5 Å². The molecule has 1 saturated heterocycles. The molecule has 0 aromatic carbocycles. The summed E-state index contributed by atoms with van der Waals surface area (Å²) in [5, 5.41) is 0. The zero-order chi connectivity index (χ0) is 11.8. The lowest BCUT2D eigenvalue weighted by Crippen LogP contribution is -2.35. The van der Waals surface area contributed by atoms with Crippen LogP contribution in [0.5, 0.6) is 0 Å². The first kappa shape index (κ1) is 13.9. The third-order valence-electron chi connectivity index (χ3n) is 3.14. The van der Waals surface area contributed by atoms with Crippen LogP contribution in [0.2, 0.25) is 0 Å². The lowest BCUT2D eigenvalue weighted by atomic mass is 10.3. The smallest absolute Gasteiger partial charge is 0.156 e. The lowest BCUT2D eigenvalue weighted by Gasteiger charge is -2.27. The van der Waals surface area contributed by atoms with E-state index in [0.29, 0.717) is 0 Å². The van der Waals surface area contributed by atoms with Gasteiger partial charge in [0.05, 0.1) is 0 Å². The number of hydrogen-bond donors (Lipinski definition) is 0. The Bertz CT molecular complexity index is 169. The van der Waals surface area contributed by atoms with E-state index in [1.807, 2.05) is 6.92 Å². The van der Waals surface area contributed by atoms with E-state index in [9.17, 15) is 0 Å². The van der Waals surface area contributed by atoms with Crippen molar-refractivity contribution in [1.29, 1.82) is 0 Å². The van der Waals surface area contributed by atoms with E-state index in [1.165, 1.54) is 38.8 Å². The minimum Gasteiger partial charge on any atom is -0.353 e. The summed E-state index contributed by atoms with van der Waals surface area (Å²) in [6.07, 6.45) is 6.36. The fraction of sp³-hybridized carbons (Fsp3) is 1.00. The van der Waals surface area contributed by atoms with Crippen LogP contribution in [-0.2, 0) is 9.47 Å². The number of ether oxygens (including phenoxy) is 2. The van der Waals surface area contributed by atoms with Gasteiger partial charge in [0, 0.05) is 19.7 Å². The third kappa shape index (κ3) is 5.28. The van der Waals surface area contributed by atoms with Gasteiger partial charge in [-0.2, -0.15) is 0 Å². The second kappa shape index (κ2) is 8.04. The Morgan fingerprint density at radius 2 is 1.81 bits per heavy atom. The number of unbranched alkanes of at least 4 members (excludes halogenated alkanes) is 2. The van der Waals surface area contributed by atoms with E-state index >= 15 is 0 Å². The topological polar surface area (TPSA) is 21.7 Å². The maximum Gasteiger partial charge on any atom is 0.156 e. The highest BCUT2D eigenvalue weighted by molar-refractivity contribution is 4.67. The summed E-state index contributed by atoms with van der Waals surface area (Å²) in [6, 6.07) is 0.